The molecular weight excluding hydrogens is 461 g/mol. The van der Waals surface area contributed by atoms with Gasteiger partial charge in [0.1, 0.15) is 0 Å². The third-order valence-corrected chi connectivity index (χ3v) is 5.36. The van der Waals surface area contributed by atoms with E-state index in [0.717, 1.165) is 4.90 Å². The summed E-state index contributed by atoms with van der Waals surface area (Å²) in [5.41, 5.74) is 1.01. The topological polar surface area (TPSA) is 101 Å². The molecule has 0 atom stereocenters. The van der Waals surface area contributed by atoms with Crippen LogP contribution in [0.1, 0.15) is 10.4 Å². The van der Waals surface area contributed by atoms with Gasteiger partial charge in [0.2, 0.25) is 5.91 Å². The van der Waals surface area contributed by atoms with Crippen LogP contribution >= 0.6 is 35.0 Å². The van der Waals surface area contributed by atoms with Crippen LogP contribution in [0.4, 0.5) is 17.1 Å². The van der Waals surface area contributed by atoms with Gasteiger partial charge in [-0.1, -0.05) is 35.3 Å². The molecule has 0 heterocycles. The predicted molar refractivity (Wildman–Crippen MR) is 123 cm³/mol. The Morgan fingerprint density at radius 1 is 0.903 bits per heavy atom. The Labute approximate surface area is 191 Å². The second kappa shape index (κ2) is 10.3. The Morgan fingerprint density at radius 3 is 2.32 bits per heavy atom. The number of nitrogens with zero attached hydrogens (tertiary/aromatic N) is 1. The summed E-state index contributed by atoms with van der Waals surface area (Å²) in [5, 5.41) is 17.1. The number of thioether (sulfide) groups is 1. The fraction of sp³-hybridized carbons (Fsp3) is 0.0476. The molecule has 0 aliphatic carbocycles. The molecule has 0 fully saturated rings. The predicted octanol–water partition coefficient (Wildman–Crippen LogP) is 5.88. The van der Waals surface area contributed by atoms with Crippen molar-refractivity contribution in [1.82, 2.24) is 0 Å². The van der Waals surface area contributed by atoms with E-state index in [1.807, 2.05) is 0 Å². The van der Waals surface area contributed by atoms with Gasteiger partial charge < -0.3 is 10.6 Å². The molecule has 2 amide bonds. The van der Waals surface area contributed by atoms with Crippen LogP contribution in [-0.2, 0) is 4.79 Å². The van der Waals surface area contributed by atoms with Gasteiger partial charge in [0, 0.05) is 44.0 Å². The highest BCUT2D eigenvalue weighted by Gasteiger charge is 2.12. The van der Waals surface area contributed by atoms with Gasteiger partial charge in [-0.05, 0) is 42.5 Å². The Hall–Kier alpha value is -3.07. The average Bonchev–Trinajstić information content (AvgIpc) is 2.72. The molecule has 3 aromatic rings. The third kappa shape index (κ3) is 6.71. The summed E-state index contributed by atoms with van der Waals surface area (Å²) in [6.45, 7) is 0. The zero-order chi connectivity index (χ0) is 22.4. The summed E-state index contributed by atoms with van der Waals surface area (Å²) < 4.78 is 0. The summed E-state index contributed by atoms with van der Waals surface area (Å²) in [6.07, 6.45) is 0. The highest BCUT2D eigenvalue weighted by atomic mass is 35.5. The Balaban J connectivity index is 1.59. The number of nitrogens with one attached hydrogen (secondary N) is 2. The second-order valence-electron chi connectivity index (χ2n) is 6.28. The molecule has 0 unspecified atom stereocenters. The first-order valence-corrected chi connectivity index (χ1v) is 10.6. The minimum Gasteiger partial charge on any atom is -0.325 e. The maximum Gasteiger partial charge on any atom is 0.270 e. The minimum atomic E-state index is -0.559. The van der Waals surface area contributed by atoms with Crippen molar-refractivity contribution in [3.8, 4) is 0 Å². The van der Waals surface area contributed by atoms with Crippen LogP contribution in [0.3, 0.4) is 0 Å². The normalized spacial score (nSPS) is 10.4. The molecule has 2 N–H and O–H groups in total. The standard InChI is InChI=1S/C21H15Cl2N3O4S/c22-14-8-15(23)10-17(9-14)24-20(27)12-31-19-6-2-4-16(11-19)25-21(28)13-3-1-5-18(7-13)26(29)30/h1-11H,12H2,(H,24,27)(H,25,28). The summed E-state index contributed by atoms with van der Waals surface area (Å²) in [7, 11) is 0. The van der Waals surface area contributed by atoms with E-state index >= 15 is 0 Å². The fourth-order valence-corrected chi connectivity index (χ4v) is 3.88. The molecular formula is C21H15Cl2N3O4S. The highest BCUT2D eigenvalue weighted by molar-refractivity contribution is 8.00. The van der Waals surface area contributed by atoms with Crippen LogP contribution in [0.15, 0.2) is 71.6 Å². The molecule has 0 spiro atoms. The van der Waals surface area contributed by atoms with Gasteiger partial charge in [-0.3, -0.25) is 19.7 Å². The van der Waals surface area contributed by atoms with Crippen molar-refractivity contribution < 1.29 is 14.5 Å². The van der Waals surface area contributed by atoms with E-state index in [1.165, 1.54) is 36.0 Å². The number of carbonyl (C=O) groups excluding carboxylic acids is 2. The first-order valence-electron chi connectivity index (χ1n) is 8.85. The number of nitro benzene ring substituents is 1. The molecule has 0 aliphatic rings. The average molecular weight is 476 g/mol. The number of rotatable bonds is 7. The quantitative estimate of drug-likeness (QED) is 0.252. The van der Waals surface area contributed by atoms with Crippen LogP contribution < -0.4 is 10.6 Å². The highest BCUT2D eigenvalue weighted by Crippen LogP contribution is 2.25. The number of halogens is 2. The largest absolute Gasteiger partial charge is 0.325 e. The molecule has 3 aromatic carbocycles. The number of anilines is 2. The Bertz CT molecular complexity index is 1140. The van der Waals surface area contributed by atoms with Crippen LogP contribution in [-0.4, -0.2) is 22.5 Å². The van der Waals surface area contributed by atoms with Gasteiger partial charge in [-0.15, -0.1) is 11.8 Å². The summed E-state index contributed by atoms with van der Waals surface area (Å²) in [6, 6.07) is 17.2. The zero-order valence-electron chi connectivity index (χ0n) is 15.8. The molecule has 0 bridgehead atoms. The lowest BCUT2D eigenvalue weighted by Gasteiger charge is -2.09. The van der Waals surface area contributed by atoms with Crippen molar-refractivity contribution in [2.24, 2.45) is 0 Å². The fourth-order valence-electron chi connectivity index (χ4n) is 2.60. The van der Waals surface area contributed by atoms with E-state index in [-0.39, 0.29) is 22.9 Å². The van der Waals surface area contributed by atoms with Gasteiger partial charge in [-0.25, -0.2) is 0 Å². The smallest absolute Gasteiger partial charge is 0.270 e. The van der Waals surface area contributed by atoms with Crippen molar-refractivity contribution in [1.29, 1.82) is 0 Å². The summed E-state index contributed by atoms with van der Waals surface area (Å²) in [4.78, 5) is 35.7. The van der Waals surface area contributed by atoms with Crippen LogP contribution in [0.5, 0.6) is 0 Å². The van der Waals surface area contributed by atoms with Crippen molar-refractivity contribution in [3.63, 3.8) is 0 Å². The number of hydrogen-bond donors (Lipinski definition) is 2. The minimum absolute atomic E-state index is 0.131. The number of nitro groups is 1. The van der Waals surface area contributed by atoms with E-state index in [9.17, 15) is 19.7 Å². The van der Waals surface area contributed by atoms with Crippen molar-refractivity contribution in [2.75, 3.05) is 16.4 Å². The van der Waals surface area contributed by atoms with Crippen LogP contribution in [0, 0.1) is 10.1 Å². The van der Waals surface area contributed by atoms with Crippen molar-refractivity contribution in [2.45, 2.75) is 4.90 Å². The van der Waals surface area contributed by atoms with Gasteiger partial charge in [-0.2, -0.15) is 0 Å². The first kappa shape index (κ1) is 22.6. The maximum absolute atomic E-state index is 12.4. The third-order valence-electron chi connectivity index (χ3n) is 3.93. The molecule has 7 nitrogen and oxygen atoms in total. The number of amides is 2. The number of non-ortho nitro benzene ring substituents is 1. The molecule has 0 aliphatic heterocycles. The van der Waals surface area contributed by atoms with Crippen LogP contribution in [0.2, 0.25) is 10.0 Å². The van der Waals surface area contributed by atoms with E-state index in [1.54, 1.807) is 42.5 Å². The Kier molecular flexibility index (Phi) is 7.51. The number of carbonyl (C=O) groups is 2. The molecule has 0 saturated heterocycles. The van der Waals surface area contributed by atoms with Gasteiger partial charge in [0.15, 0.2) is 0 Å². The summed E-state index contributed by atoms with van der Waals surface area (Å²) in [5.74, 6) is -0.581. The molecule has 10 heteroatoms. The van der Waals surface area contributed by atoms with E-state index in [2.05, 4.69) is 10.6 Å². The first-order chi connectivity index (χ1) is 14.8. The second-order valence-corrected chi connectivity index (χ2v) is 8.21. The monoisotopic (exact) mass is 475 g/mol. The summed E-state index contributed by atoms with van der Waals surface area (Å²) >= 11 is 13.1. The van der Waals surface area contributed by atoms with Gasteiger partial charge >= 0.3 is 0 Å². The van der Waals surface area contributed by atoms with Crippen LogP contribution in [0.25, 0.3) is 0 Å². The molecule has 0 radical (unpaired) electrons. The maximum atomic E-state index is 12.4. The van der Waals surface area contributed by atoms with Gasteiger partial charge in [0.25, 0.3) is 11.6 Å². The molecule has 158 valence electrons. The SMILES string of the molecule is O=C(CSc1cccc(NC(=O)c2cccc([N+](=O)[O-])c2)c1)Nc1cc(Cl)cc(Cl)c1. The van der Waals surface area contributed by atoms with E-state index in [4.69, 9.17) is 23.2 Å². The lowest BCUT2D eigenvalue weighted by molar-refractivity contribution is -0.384. The van der Waals surface area contributed by atoms with Crippen molar-refractivity contribution in [3.05, 3.63) is 92.5 Å². The van der Waals surface area contributed by atoms with E-state index < -0.39 is 10.8 Å². The Morgan fingerprint density at radius 2 is 1.61 bits per heavy atom. The molecule has 0 saturated carbocycles. The van der Waals surface area contributed by atoms with Gasteiger partial charge in [0.05, 0.1) is 10.7 Å². The lowest BCUT2D eigenvalue weighted by Crippen LogP contribution is -2.14. The number of benzene rings is 3. The molecule has 3 rings (SSSR count). The molecule has 0 aromatic heterocycles. The lowest BCUT2D eigenvalue weighted by atomic mass is 10.2. The van der Waals surface area contributed by atoms with E-state index in [0.29, 0.717) is 21.4 Å². The van der Waals surface area contributed by atoms with Crippen molar-refractivity contribution >= 4 is 63.8 Å². The number of hydrogen-bond acceptors (Lipinski definition) is 5. The zero-order valence-corrected chi connectivity index (χ0v) is 18.1. The molecule has 31 heavy (non-hydrogen) atoms.